The van der Waals surface area contributed by atoms with Crippen LogP contribution in [0.15, 0.2) is 53.3 Å². The van der Waals surface area contributed by atoms with Crippen LogP contribution in [0.1, 0.15) is 43.2 Å². The molecule has 156 valence electrons. The summed E-state index contributed by atoms with van der Waals surface area (Å²) in [4.78, 5) is 19.1. The number of thiocarbonyl (C=S) groups is 1. The third kappa shape index (κ3) is 4.68. The molecular formula is C23H25N3O2S2. The molecule has 2 fully saturated rings. The Morgan fingerprint density at radius 3 is 2.83 bits per heavy atom. The van der Waals surface area contributed by atoms with Crippen LogP contribution < -0.4 is 10.1 Å². The van der Waals surface area contributed by atoms with Gasteiger partial charge in [-0.3, -0.25) is 9.69 Å². The second-order valence-corrected chi connectivity index (χ2v) is 8.87. The Hall–Kier alpha value is -2.38. The first-order chi connectivity index (χ1) is 14.7. The number of hydrogen-bond donors (Lipinski definition) is 1. The van der Waals surface area contributed by atoms with Gasteiger partial charge in [0.1, 0.15) is 11.4 Å². The topological polar surface area (TPSA) is 54.5 Å². The van der Waals surface area contributed by atoms with Crippen LogP contribution in [0.5, 0.6) is 5.75 Å². The summed E-state index contributed by atoms with van der Waals surface area (Å²) in [6.07, 6.45) is 9.28. The third-order valence-electron chi connectivity index (χ3n) is 5.48. The summed E-state index contributed by atoms with van der Waals surface area (Å²) in [7, 11) is 1.67. The van der Waals surface area contributed by atoms with Crippen LogP contribution in [0.2, 0.25) is 0 Å². The van der Waals surface area contributed by atoms with Gasteiger partial charge in [0.25, 0.3) is 5.91 Å². The highest BCUT2D eigenvalue weighted by Gasteiger charge is 2.36. The zero-order valence-electron chi connectivity index (χ0n) is 17.0. The molecule has 0 spiro atoms. The quantitative estimate of drug-likeness (QED) is 0.397. The molecule has 1 saturated carbocycles. The van der Waals surface area contributed by atoms with E-state index in [9.17, 15) is 4.79 Å². The molecule has 0 unspecified atom stereocenters. The van der Waals surface area contributed by atoms with E-state index in [1.54, 1.807) is 30.0 Å². The van der Waals surface area contributed by atoms with Crippen molar-refractivity contribution >= 4 is 41.1 Å². The summed E-state index contributed by atoms with van der Waals surface area (Å²) in [6.45, 7) is 0. The Kier molecular flexibility index (Phi) is 6.69. The molecule has 5 nitrogen and oxygen atoms in total. The van der Waals surface area contributed by atoms with Gasteiger partial charge >= 0.3 is 0 Å². The largest absolute Gasteiger partial charge is 0.496 e. The zero-order valence-corrected chi connectivity index (χ0v) is 18.6. The number of nitrogens with zero attached hydrogens (tertiary/aromatic N) is 2. The lowest BCUT2D eigenvalue weighted by atomic mass is 9.94. The standard InChI is InChI=1S/C23H25N3O2S2/c1-28-20-11-10-16(13-17(20)15-30-21-9-5-6-12-24-21)14-19-22(27)26(23(29)25-19)18-7-3-2-4-8-18/h5-6,9-14,18H,2-4,7-8,15H2,1H3,(H,25,29)/b19-14+. The molecule has 1 aromatic carbocycles. The van der Waals surface area contributed by atoms with Crippen LogP contribution in [-0.4, -0.2) is 34.1 Å². The van der Waals surface area contributed by atoms with Crippen molar-refractivity contribution in [3.05, 3.63) is 59.4 Å². The first-order valence-electron chi connectivity index (χ1n) is 10.2. The van der Waals surface area contributed by atoms with Crippen LogP contribution in [0.3, 0.4) is 0 Å². The molecule has 0 atom stereocenters. The number of rotatable bonds is 6. The second-order valence-electron chi connectivity index (χ2n) is 7.48. The maximum Gasteiger partial charge on any atom is 0.276 e. The number of carbonyl (C=O) groups is 1. The number of benzene rings is 1. The van der Waals surface area contributed by atoms with Crippen molar-refractivity contribution in [2.75, 3.05) is 7.11 Å². The molecule has 1 aromatic heterocycles. The summed E-state index contributed by atoms with van der Waals surface area (Å²) in [5.74, 6) is 1.53. The Balaban J connectivity index is 1.52. The minimum absolute atomic E-state index is 0.0212. The number of amides is 1. The van der Waals surface area contributed by atoms with E-state index in [1.165, 1.54) is 6.42 Å². The molecule has 0 radical (unpaired) electrons. The first-order valence-corrected chi connectivity index (χ1v) is 11.6. The van der Waals surface area contributed by atoms with Crippen molar-refractivity contribution in [2.45, 2.75) is 48.9 Å². The van der Waals surface area contributed by atoms with Crippen molar-refractivity contribution in [3.63, 3.8) is 0 Å². The summed E-state index contributed by atoms with van der Waals surface area (Å²) in [5.41, 5.74) is 2.54. The second kappa shape index (κ2) is 9.62. The summed E-state index contributed by atoms with van der Waals surface area (Å²) >= 11 is 7.13. The maximum absolute atomic E-state index is 13.0. The highest BCUT2D eigenvalue weighted by molar-refractivity contribution is 7.98. The van der Waals surface area contributed by atoms with E-state index in [2.05, 4.69) is 16.4 Å². The number of pyridine rings is 1. The van der Waals surface area contributed by atoms with Crippen LogP contribution >= 0.6 is 24.0 Å². The Bertz CT molecular complexity index is 956. The monoisotopic (exact) mass is 439 g/mol. The van der Waals surface area contributed by atoms with Gasteiger partial charge in [0.05, 0.1) is 12.1 Å². The highest BCUT2D eigenvalue weighted by Crippen LogP contribution is 2.30. The van der Waals surface area contributed by atoms with E-state index in [0.717, 1.165) is 53.3 Å². The molecule has 2 aliphatic rings. The van der Waals surface area contributed by atoms with E-state index in [0.29, 0.717) is 10.8 Å². The maximum atomic E-state index is 13.0. The Labute approximate surface area is 186 Å². The van der Waals surface area contributed by atoms with Gasteiger partial charge in [-0.1, -0.05) is 31.4 Å². The zero-order chi connectivity index (χ0) is 20.9. The number of aromatic nitrogens is 1. The van der Waals surface area contributed by atoms with Gasteiger partial charge in [0.15, 0.2) is 5.11 Å². The number of thioether (sulfide) groups is 1. The predicted molar refractivity (Wildman–Crippen MR) is 124 cm³/mol. The van der Waals surface area contributed by atoms with Crippen molar-refractivity contribution in [3.8, 4) is 5.75 Å². The number of methoxy groups -OCH3 is 1. The van der Waals surface area contributed by atoms with E-state index >= 15 is 0 Å². The minimum atomic E-state index is -0.0212. The van der Waals surface area contributed by atoms with Crippen LogP contribution in [0.4, 0.5) is 0 Å². The molecule has 1 aliphatic heterocycles. The van der Waals surface area contributed by atoms with Gasteiger partial charge < -0.3 is 10.1 Å². The van der Waals surface area contributed by atoms with Gasteiger partial charge in [-0.2, -0.15) is 0 Å². The molecule has 1 amide bonds. The average molecular weight is 440 g/mol. The number of carbonyl (C=O) groups excluding carboxylic acids is 1. The van der Waals surface area contributed by atoms with Crippen LogP contribution in [-0.2, 0) is 10.5 Å². The van der Waals surface area contributed by atoms with Gasteiger partial charge in [0.2, 0.25) is 0 Å². The van der Waals surface area contributed by atoms with Gasteiger partial charge in [0, 0.05) is 23.6 Å². The van der Waals surface area contributed by atoms with Crippen molar-refractivity contribution in [2.24, 2.45) is 0 Å². The molecule has 1 N–H and O–H groups in total. The lowest BCUT2D eigenvalue weighted by molar-refractivity contribution is -0.124. The van der Waals surface area contributed by atoms with Crippen molar-refractivity contribution in [1.82, 2.24) is 15.2 Å². The molecule has 1 aliphatic carbocycles. The fraction of sp³-hybridized carbons (Fsp3) is 0.348. The fourth-order valence-electron chi connectivity index (χ4n) is 3.97. The number of nitrogens with one attached hydrogen (secondary N) is 1. The van der Waals surface area contributed by atoms with Crippen LogP contribution in [0, 0.1) is 0 Å². The first kappa shape index (κ1) is 20.9. The Morgan fingerprint density at radius 1 is 1.27 bits per heavy atom. The van der Waals surface area contributed by atoms with E-state index in [1.807, 2.05) is 36.4 Å². The lowest BCUT2D eigenvalue weighted by Gasteiger charge is -2.29. The van der Waals surface area contributed by atoms with Gasteiger partial charge in [-0.25, -0.2) is 4.98 Å². The normalized spacial score (nSPS) is 18.7. The smallest absolute Gasteiger partial charge is 0.276 e. The van der Waals surface area contributed by atoms with Gasteiger partial charge in [-0.15, -0.1) is 11.8 Å². The van der Waals surface area contributed by atoms with E-state index < -0.39 is 0 Å². The number of ether oxygens (including phenoxy) is 1. The average Bonchev–Trinajstić information content (AvgIpc) is 3.06. The third-order valence-corrected chi connectivity index (χ3v) is 6.77. The molecule has 0 bridgehead atoms. The van der Waals surface area contributed by atoms with E-state index in [4.69, 9.17) is 17.0 Å². The molecule has 7 heteroatoms. The van der Waals surface area contributed by atoms with Crippen molar-refractivity contribution in [1.29, 1.82) is 0 Å². The molecule has 4 rings (SSSR count). The molecule has 1 saturated heterocycles. The summed E-state index contributed by atoms with van der Waals surface area (Å²) < 4.78 is 5.53. The van der Waals surface area contributed by atoms with E-state index in [-0.39, 0.29) is 11.9 Å². The van der Waals surface area contributed by atoms with Gasteiger partial charge in [-0.05, 0) is 61.0 Å². The predicted octanol–water partition coefficient (Wildman–Crippen LogP) is 4.77. The minimum Gasteiger partial charge on any atom is -0.496 e. The summed E-state index contributed by atoms with van der Waals surface area (Å²) in [6, 6.07) is 12.1. The Morgan fingerprint density at radius 2 is 2.10 bits per heavy atom. The lowest BCUT2D eigenvalue weighted by Crippen LogP contribution is -2.41. The molecule has 2 heterocycles. The molecule has 30 heavy (non-hydrogen) atoms. The van der Waals surface area contributed by atoms with Crippen molar-refractivity contribution < 1.29 is 9.53 Å². The highest BCUT2D eigenvalue weighted by atomic mass is 32.2. The van der Waals surface area contributed by atoms with Crippen LogP contribution in [0.25, 0.3) is 6.08 Å². The number of hydrogen-bond acceptors (Lipinski definition) is 5. The summed E-state index contributed by atoms with van der Waals surface area (Å²) in [5, 5.41) is 4.62. The molecular weight excluding hydrogens is 414 g/mol. The fourth-order valence-corrected chi connectivity index (χ4v) is 5.15. The SMILES string of the molecule is COc1ccc(/C=C2/NC(=S)N(C3CCCCC3)C2=O)cc1CSc1ccccn1. The molecule has 2 aromatic rings.